The number of nitrogens with one attached hydrogen (secondary N) is 1. The zero-order valence-corrected chi connectivity index (χ0v) is 12.5. The lowest BCUT2D eigenvalue weighted by Crippen LogP contribution is -2.50. The molecule has 1 aromatic rings. The molecule has 2 rings (SSSR count). The summed E-state index contributed by atoms with van der Waals surface area (Å²) >= 11 is 0. The Morgan fingerprint density at radius 1 is 1.45 bits per heavy atom. The molecular weight excluding hydrogens is 250 g/mol. The van der Waals surface area contributed by atoms with E-state index in [4.69, 9.17) is 5.11 Å². The van der Waals surface area contributed by atoms with Crippen LogP contribution in [0.2, 0.25) is 0 Å². The van der Waals surface area contributed by atoms with E-state index in [9.17, 15) is 4.79 Å². The summed E-state index contributed by atoms with van der Waals surface area (Å²) in [4.78, 5) is 12.6. The largest absolute Gasteiger partial charge is 0.396 e. The third-order valence-corrected chi connectivity index (χ3v) is 4.45. The van der Waals surface area contributed by atoms with Crippen molar-refractivity contribution in [2.24, 2.45) is 5.92 Å². The van der Waals surface area contributed by atoms with Gasteiger partial charge in [-0.3, -0.25) is 4.79 Å². The zero-order valence-electron chi connectivity index (χ0n) is 12.5. The molecule has 2 N–H and O–H groups in total. The van der Waals surface area contributed by atoms with Crippen molar-refractivity contribution < 1.29 is 9.90 Å². The number of benzene rings is 1. The molecule has 0 radical (unpaired) electrons. The number of carbonyl (C=O) groups is 1. The summed E-state index contributed by atoms with van der Waals surface area (Å²) in [6.45, 7) is 4.95. The van der Waals surface area contributed by atoms with Gasteiger partial charge in [-0.25, -0.2) is 0 Å². The van der Waals surface area contributed by atoms with Gasteiger partial charge in [-0.15, -0.1) is 0 Å². The molecule has 0 aromatic heterocycles. The van der Waals surface area contributed by atoms with Crippen molar-refractivity contribution in [1.82, 2.24) is 5.32 Å². The molecule has 1 aromatic carbocycles. The second-order valence-corrected chi connectivity index (χ2v) is 6.13. The summed E-state index contributed by atoms with van der Waals surface area (Å²) in [5.74, 6) is 0.470. The lowest BCUT2D eigenvalue weighted by Gasteiger charge is -2.41. The van der Waals surface area contributed by atoms with Gasteiger partial charge in [0, 0.05) is 13.2 Å². The van der Waals surface area contributed by atoms with Gasteiger partial charge in [0.25, 0.3) is 0 Å². The van der Waals surface area contributed by atoms with Crippen LogP contribution in [-0.4, -0.2) is 24.2 Å². The summed E-state index contributed by atoms with van der Waals surface area (Å²) in [5.41, 5.74) is 2.04. The molecule has 20 heavy (non-hydrogen) atoms. The Balaban J connectivity index is 2.05. The van der Waals surface area contributed by atoms with Crippen LogP contribution in [0.1, 0.15) is 43.7 Å². The van der Waals surface area contributed by atoms with Gasteiger partial charge in [-0.2, -0.15) is 0 Å². The van der Waals surface area contributed by atoms with Crippen LogP contribution in [0.15, 0.2) is 24.3 Å². The first-order valence-corrected chi connectivity index (χ1v) is 7.55. The van der Waals surface area contributed by atoms with E-state index in [0.29, 0.717) is 12.5 Å². The second kappa shape index (κ2) is 6.40. The van der Waals surface area contributed by atoms with Crippen LogP contribution in [0.25, 0.3) is 0 Å². The van der Waals surface area contributed by atoms with Gasteiger partial charge in [0.15, 0.2) is 0 Å². The quantitative estimate of drug-likeness (QED) is 0.838. The van der Waals surface area contributed by atoms with Gasteiger partial charge < -0.3 is 10.4 Å². The monoisotopic (exact) mass is 275 g/mol. The number of aryl methyl sites for hydroxylation is 1. The Morgan fingerprint density at radius 3 is 2.75 bits per heavy atom. The predicted octanol–water partition coefficient (Wildman–Crippen LogP) is 2.55. The minimum absolute atomic E-state index is 0.152. The molecule has 1 unspecified atom stereocenters. The van der Waals surface area contributed by atoms with Crippen molar-refractivity contribution in [3.63, 3.8) is 0 Å². The number of hydrogen-bond acceptors (Lipinski definition) is 2. The molecule has 1 aliphatic carbocycles. The average molecular weight is 275 g/mol. The third kappa shape index (κ3) is 3.04. The first-order valence-electron chi connectivity index (χ1n) is 7.55. The molecule has 0 bridgehead atoms. The molecule has 1 saturated carbocycles. The molecule has 110 valence electrons. The highest BCUT2D eigenvalue weighted by Gasteiger charge is 2.45. The molecular formula is C17H25NO2. The van der Waals surface area contributed by atoms with Gasteiger partial charge >= 0.3 is 0 Å². The van der Waals surface area contributed by atoms with Crippen LogP contribution in [0.5, 0.6) is 0 Å². The van der Waals surface area contributed by atoms with E-state index in [1.54, 1.807) is 0 Å². The van der Waals surface area contributed by atoms with E-state index in [0.717, 1.165) is 31.2 Å². The molecule has 1 atom stereocenters. The molecule has 0 saturated heterocycles. The van der Waals surface area contributed by atoms with Crippen LogP contribution < -0.4 is 5.32 Å². The van der Waals surface area contributed by atoms with Crippen LogP contribution in [0.4, 0.5) is 0 Å². The van der Waals surface area contributed by atoms with Crippen LogP contribution in [0.3, 0.4) is 0 Å². The fourth-order valence-corrected chi connectivity index (χ4v) is 2.88. The Bertz CT molecular complexity index is 466. The maximum atomic E-state index is 12.6. The topological polar surface area (TPSA) is 49.3 Å². The molecule has 1 aliphatic rings. The van der Waals surface area contributed by atoms with Gasteiger partial charge in [0.2, 0.25) is 5.91 Å². The Morgan fingerprint density at radius 2 is 2.20 bits per heavy atom. The molecule has 0 aliphatic heterocycles. The number of rotatable bonds is 6. The number of aliphatic hydroxyl groups is 1. The molecule has 0 spiro atoms. The standard InChI is InChI=1S/C17H25NO2/c1-13-5-3-6-15(11-13)17(8-4-9-17)16(20)18-12-14(2)7-10-19/h3,5-6,11,14,19H,4,7-10,12H2,1-2H3,(H,18,20). The summed E-state index contributed by atoms with van der Waals surface area (Å²) in [5, 5.41) is 12.0. The lowest BCUT2D eigenvalue weighted by molar-refractivity contribution is -0.130. The molecule has 1 amide bonds. The Labute approximate surface area is 121 Å². The smallest absolute Gasteiger partial charge is 0.230 e. The minimum Gasteiger partial charge on any atom is -0.396 e. The van der Waals surface area contributed by atoms with Crippen molar-refractivity contribution >= 4 is 5.91 Å². The Kier molecular flexibility index (Phi) is 4.81. The maximum absolute atomic E-state index is 12.6. The van der Waals surface area contributed by atoms with E-state index >= 15 is 0 Å². The highest BCUT2D eigenvalue weighted by Crippen LogP contribution is 2.44. The van der Waals surface area contributed by atoms with Crippen molar-refractivity contribution in [1.29, 1.82) is 0 Å². The van der Waals surface area contributed by atoms with Crippen molar-refractivity contribution in [3.05, 3.63) is 35.4 Å². The number of amides is 1. The van der Waals surface area contributed by atoms with Gasteiger partial charge in [-0.1, -0.05) is 43.2 Å². The minimum atomic E-state index is -0.315. The van der Waals surface area contributed by atoms with Crippen molar-refractivity contribution in [2.75, 3.05) is 13.2 Å². The van der Waals surface area contributed by atoms with Gasteiger partial charge in [0.1, 0.15) is 0 Å². The van der Waals surface area contributed by atoms with Gasteiger partial charge in [-0.05, 0) is 37.7 Å². The molecule has 3 heteroatoms. The number of carbonyl (C=O) groups excluding carboxylic acids is 1. The summed E-state index contributed by atoms with van der Waals surface area (Å²) in [6, 6.07) is 8.31. The first-order chi connectivity index (χ1) is 9.58. The fourth-order valence-electron chi connectivity index (χ4n) is 2.88. The molecule has 3 nitrogen and oxygen atoms in total. The van der Waals surface area contributed by atoms with E-state index in [2.05, 4.69) is 37.4 Å². The van der Waals surface area contributed by atoms with Crippen LogP contribution in [-0.2, 0) is 10.2 Å². The normalized spacial score (nSPS) is 18.1. The highest BCUT2D eigenvalue weighted by molar-refractivity contribution is 5.89. The van der Waals surface area contributed by atoms with E-state index in [1.807, 2.05) is 6.07 Å². The van der Waals surface area contributed by atoms with Gasteiger partial charge in [0.05, 0.1) is 5.41 Å². The lowest BCUT2D eigenvalue weighted by atomic mass is 9.63. The Hall–Kier alpha value is -1.35. The zero-order chi connectivity index (χ0) is 14.6. The maximum Gasteiger partial charge on any atom is 0.230 e. The van der Waals surface area contributed by atoms with Crippen molar-refractivity contribution in [2.45, 2.75) is 44.9 Å². The van der Waals surface area contributed by atoms with E-state index in [1.165, 1.54) is 5.56 Å². The van der Waals surface area contributed by atoms with Crippen LogP contribution in [0, 0.1) is 12.8 Å². The van der Waals surface area contributed by atoms with E-state index in [-0.39, 0.29) is 17.9 Å². The SMILES string of the molecule is Cc1cccc(C2(C(=O)NCC(C)CCO)CCC2)c1. The average Bonchev–Trinajstić information content (AvgIpc) is 2.35. The first kappa shape index (κ1) is 15.0. The summed E-state index contributed by atoms with van der Waals surface area (Å²) in [6.07, 6.45) is 3.73. The number of aliphatic hydroxyl groups excluding tert-OH is 1. The summed E-state index contributed by atoms with van der Waals surface area (Å²) in [7, 11) is 0. The third-order valence-electron chi connectivity index (χ3n) is 4.45. The van der Waals surface area contributed by atoms with Crippen molar-refractivity contribution in [3.8, 4) is 0 Å². The predicted molar refractivity (Wildman–Crippen MR) is 80.6 cm³/mol. The number of hydrogen-bond donors (Lipinski definition) is 2. The van der Waals surface area contributed by atoms with E-state index < -0.39 is 0 Å². The summed E-state index contributed by atoms with van der Waals surface area (Å²) < 4.78 is 0. The van der Waals surface area contributed by atoms with Crippen LogP contribution >= 0.6 is 0 Å². The molecule has 0 heterocycles. The fraction of sp³-hybridized carbons (Fsp3) is 0.588. The highest BCUT2D eigenvalue weighted by atomic mass is 16.3. The molecule has 1 fully saturated rings. The second-order valence-electron chi connectivity index (χ2n) is 6.13.